The van der Waals surface area contributed by atoms with E-state index in [-0.39, 0.29) is 5.88 Å². The molecule has 18 heavy (non-hydrogen) atoms. The van der Waals surface area contributed by atoms with Gasteiger partial charge in [0.15, 0.2) is 0 Å². The highest BCUT2D eigenvalue weighted by molar-refractivity contribution is 6.35. The number of amides is 1. The number of nitrogens with zero attached hydrogens (tertiary/aromatic N) is 2. The van der Waals surface area contributed by atoms with Gasteiger partial charge in [-0.3, -0.25) is 4.79 Å². The Labute approximate surface area is 115 Å². The van der Waals surface area contributed by atoms with E-state index in [4.69, 9.17) is 28.9 Å². The molecule has 0 spiro atoms. The van der Waals surface area contributed by atoms with Crippen molar-refractivity contribution in [2.24, 2.45) is 5.73 Å². The van der Waals surface area contributed by atoms with Crippen LogP contribution in [-0.4, -0.2) is 15.5 Å². The van der Waals surface area contributed by atoms with Gasteiger partial charge < -0.3 is 10.3 Å². The molecule has 0 aliphatic heterocycles. The molecule has 0 fully saturated rings. The monoisotopic (exact) mass is 285 g/mol. The summed E-state index contributed by atoms with van der Waals surface area (Å²) >= 11 is 12.1. The molecule has 1 aromatic heterocycles. The van der Waals surface area contributed by atoms with E-state index in [2.05, 4.69) is 4.98 Å². The first-order valence-electron chi connectivity index (χ1n) is 5.41. The lowest BCUT2D eigenvalue weighted by Gasteiger charge is -2.25. The van der Waals surface area contributed by atoms with Crippen molar-refractivity contribution in [2.45, 2.75) is 25.3 Å². The number of benzene rings is 1. The molecule has 1 amide bonds. The fourth-order valence-corrected chi connectivity index (χ4v) is 2.37. The van der Waals surface area contributed by atoms with Crippen LogP contribution in [0.5, 0.6) is 0 Å². The SMILES string of the molecule is CC(C)(C(N)=O)n1c(CCl)nc2cccc(Cl)c21. The molecule has 0 saturated carbocycles. The molecular formula is C12H13Cl2N3O. The first-order valence-corrected chi connectivity index (χ1v) is 6.33. The molecule has 96 valence electrons. The number of alkyl halides is 1. The molecule has 4 nitrogen and oxygen atoms in total. The summed E-state index contributed by atoms with van der Waals surface area (Å²) in [5.41, 5.74) is 5.89. The second kappa shape index (κ2) is 4.44. The second-order valence-electron chi connectivity index (χ2n) is 4.53. The molecule has 0 unspecified atom stereocenters. The number of primary amides is 1. The summed E-state index contributed by atoms with van der Waals surface area (Å²) in [7, 11) is 0. The average Bonchev–Trinajstić information content (AvgIpc) is 2.69. The number of fused-ring (bicyclic) bond motifs is 1. The van der Waals surface area contributed by atoms with Crippen LogP contribution in [-0.2, 0) is 16.2 Å². The molecular weight excluding hydrogens is 273 g/mol. The van der Waals surface area contributed by atoms with Crippen LogP contribution in [0, 0.1) is 0 Å². The largest absolute Gasteiger partial charge is 0.368 e. The molecule has 0 radical (unpaired) electrons. The van der Waals surface area contributed by atoms with Crippen LogP contribution in [0.15, 0.2) is 18.2 Å². The van der Waals surface area contributed by atoms with Crippen molar-refractivity contribution < 1.29 is 4.79 Å². The molecule has 0 aliphatic carbocycles. The fourth-order valence-electron chi connectivity index (χ4n) is 1.94. The maximum Gasteiger partial charge on any atom is 0.243 e. The third-order valence-electron chi connectivity index (χ3n) is 2.98. The Morgan fingerprint density at radius 1 is 1.50 bits per heavy atom. The summed E-state index contributed by atoms with van der Waals surface area (Å²) in [6.45, 7) is 3.44. The van der Waals surface area contributed by atoms with Crippen molar-refractivity contribution in [3.63, 3.8) is 0 Å². The highest BCUT2D eigenvalue weighted by Crippen LogP contribution is 2.30. The van der Waals surface area contributed by atoms with Crippen LogP contribution in [0.2, 0.25) is 5.02 Å². The van der Waals surface area contributed by atoms with Gasteiger partial charge in [0.05, 0.1) is 21.9 Å². The van der Waals surface area contributed by atoms with Gasteiger partial charge in [-0.05, 0) is 26.0 Å². The lowest BCUT2D eigenvalue weighted by Crippen LogP contribution is -2.41. The molecule has 1 heterocycles. The minimum absolute atomic E-state index is 0.182. The minimum Gasteiger partial charge on any atom is -0.368 e. The number of para-hydroxylation sites is 1. The molecule has 1 aromatic carbocycles. The van der Waals surface area contributed by atoms with Crippen LogP contribution in [0.4, 0.5) is 0 Å². The Morgan fingerprint density at radius 3 is 2.72 bits per heavy atom. The lowest BCUT2D eigenvalue weighted by atomic mass is 10.0. The molecule has 0 aliphatic rings. The van der Waals surface area contributed by atoms with Crippen molar-refractivity contribution in [1.82, 2.24) is 9.55 Å². The predicted molar refractivity (Wildman–Crippen MR) is 72.8 cm³/mol. The first kappa shape index (κ1) is 13.2. The standard InChI is InChI=1S/C12H13Cl2N3O/c1-12(2,11(15)18)17-9(6-13)16-8-5-3-4-7(14)10(8)17/h3-5H,6H2,1-2H3,(H2,15,18). The Kier molecular flexibility index (Phi) is 3.25. The molecule has 2 rings (SSSR count). The van der Waals surface area contributed by atoms with Crippen molar-refractivity contribution in [1.29, 1.82) is 0 Å². The summed E-state index contributed by atoms with van der Waals surface area (Å²) in [6, 6.07) is 5.37. The Balaban J connectivity index is 2.87. The van der Waals surface area contributed by atoms with Gasteiger partial charge >= 0.3 is 0 Å². The Morgan fingerprint density at radius 2 is 2.17 bits per heavy atom. The van der Waals surface area contributed by atoms with E-state index in [9.17, 15) is 4.79 Å². The predicted octanol–water partition coefficient (Wildman–Crippen LogP) is 2.65. The van der Waals surface area contributed by atoms with Gasteiger partial charge in [-0.2, -0.15) is 0 Å². The van der Waals surface area contributed by atoms with Crippen LogP contribution in [0.25, 0.3) is 11.0 Å². The van der Waals surface area contributed by atoms with Gasteiger partial charge in [-0.15, -0.1) is 11.6 Å². The van der Waals surface area contributed by atoms with Gasteiger partial charge in [0.2, 0.25) is 5.91 Å². The molecule has 2 aromatic rings. The normalized spacial score (nSPS) is 12.0. The summed E-state index contributed by atoms with van der Waals surface area (Å²) in [6.07, 6.45) is 0. The zero-order valence-electron chi connectivity index (χ0n) is 10.1. The number of halogens is 2. The van der Waals surface area contributed by atoms with Crippen LogP contribution in [0.3, 0.4) is 0 Å². The Hall–Kier alpha value is -1.26. The quantitative estimate of drug-likeness (QED) is 0.882. The summed E-state index contributed by atoms with van der Waals surface area (Å²) in [5, 5.41) is 0.519. The number of nitrogens with two attached hydrogens (primary N) is 1. The summed E-state index contributed by atoms with van der Waals surface area (Å²) < 4.78 is 1.71. The van der Waals surface area contributed by atoms with E-state index in [1.165, 1.54) is 0 Å². The number of carbonyl (C=O) groups is 1. The number of aromatic nitrogens is 2. The maximum absolute atomic E-state index is 11.6. The fraction of sp³-hybridized carbons (Fsp3) is 0.333. The molecule has 0 saturated heterocycles. The third-order valence-corrected chi connectivity index (χ3v) is 3.52. The maximum atomic E-state index is 11.6. The number of hydrogen-bond acceptors (Lipinski definition) is 2. The van der Waals surface area contributed by atoms with Crippen LogP contribution in [0.1, 0.15) is 19.7 Å². The zero-order valence-corrected chi connectivity index (χ0v) is 11.6. The first-order chi connectivity index (χ1) is 8.39. The number of rotatable bonds is 3. The summed E-state index contributed by atoms with van der Waals surface area (Å²) in [4.78, 5) is 16.0. The molecule has 0 bridgehead atoms. The van der Waals surface area contributed by atoms with Crippen LogP contribution < -0.4 is 5.73 Å². The van der Waals surface area contributed by atoms with E-state index >= 15 is 0 Å². The topological polar surface area (TPSA) is 60.9 Å². The molecule has 0 atom stereocenters. The smallest absolute Gasteiger partial charge is 0.243 e. The number of imidazole rings is 1. The highest BCUT2D eigenvalue weighted by Gasteiger charge is 2.32. The lowest BCUT2D eigenvalue weighted by molar-refractivity contribution is -0.125. The minimum atomic E-state index is -0.941. The van der Waals surface area contributed by atoms with E-state index < -0.39 is 11.4 Å². The van der Waals surface area contributed by atoms with Crippen molar-refractivity contribution in [3.05, 3.63) is 29.0 Å². The van der Waals surface area contributed by atoms with Crippen molar-refractivity contribution in [3.8, 4) is 0 Å². The van der Waals surface area contributed by atoms with E-state index in [1.54, 1.807) is 30.5 Å². The highest BCUT2D eigenvalue weighted by atomic mass is 35.5. The van der Waals surface area contributed by atoms with E-state index in [0.29, 0.717) is 21.9 Å². The average molecular weight is 286 g/mol. The zero-order chi connectivity index (χ0) is 13.5. The van der Waals surface area contributed by atoms with Gasteiger partial charge in [-0.25, -0.2) is 4.98 Å². The van der Waals surface area contributed by atoms with Gasteiger partial charge in [0.1, 0.15) is 11.4 Å². The third kappa shape index (κ3) is 1.85. The van der Waals surface area contributed by atoms with Crippen molar-refractivity contribution >= 4 is 40.1 Å². The number of hydrogen-bond donors (Lipinski definition) is 1. The van der Waals surface area contributed by atoms with Crippen LogP contribution >= 0.6 is 23.2 Å². The molecule has 2 N–H and O–H groups in total. The van der Waals surface area contributed by atoms with E-state index in [1.807, 2.05) is 6.07 Å². The number of carbonyl (C=O) groups excluding carboxylic acids is 1. The van der Waals surface area contributed by atoms with Gasteiger partial charge in [0.25, 0.3) is 0 Å². The van der Waals surface area contributed by atoms with Crippen molar-refractivity contribution in [2.75, 3.05) is 0 Å². The molecule has 6 heteroatoms. The summed E-state index contributed by atoms with van der Waals surface area (Å²) in [5.74, 6) is 0.290. The second-order valence-corrected chi connectivity index (χ2v) is 5.20. The van der Waals surface area contributed by atoms with Gasteiger partial charge in [-0.1, -0.05) is 17.7 Å². The van der Waals surface area contributed by atoms with E-state index in [0.717, 1.165) is 0 Å². The Bertz CT molecular complexity index is 619. The van der Waals surface area contributed by atoms with Gasteiger partial charge in [0, 0.05) is 0 Å².